The molecule has 1 aliphatic heterocycles. The van der Waals surface area contributed by atoms with Gasteiger partial charge in [0.25, 0.3) is 5.91 Å². The maximum absolute atomic E-state index is 12.6. The van der Waals surface area contributed by atoms with Crippen LogP contribution in [0.25, 0.3) is 0 Å². The average Bonchev–Trinajstić information content (AvgIpc) is 2.43. The summed E-state index contributed by atoms with van der Waals surface area (Å²) >= 11 is 1.92. The second-order valence-electron chi connectivity index (χ2n) is 5.03. The van der Waals surface area contributed by atoms with E-state index in [9.17, 15) is 4.79 Å². The Hall–Kier alpha value is -1.44. The van der Waals surface area contributed by atoms with Gasteiger partial charge in [-0.25, -0.2) is 0 Å². The number of thioether (sulfide) groups is 1. The minimum atomic E-state index is 0.108. The highest BCUT2D eigenvalue weighted by atomic mass is 32.2. The summed E-state index contributed by atoms with van der Waals surface area (Å²) in [7, 11) is 0. The van der Waals surface area contributed by atoms with Crippen LogP contribution in [-0.4, -0.2) is 41.4 Å². The monoisotopic (exact) mass is 288 g/mol. The van der Waals surface area contributed by atoms with Crippen molar-refractivity contribution >= 4 is 17.7 Å². The van der Waals surface area contributed by atoms with Crippen molar-refractivity contribution in [3.8, 4) is 11.8 Å². The summed E-state index contributed by atoms with van der Waals surface area (Å²) in [5.41, 5.74) is 8.03. The highest BCUT2D eigenvalue weighted by molar-refractivity contribution is 7.99. The van der Waals surface area contributed by atoms with Crippen molar-refractivity contribution in [3.63, 3.8) is 0 Å². The third-order valence-electron chi connectivity index (χ3n) is 3.19. The molecular formula is C16H20N2OS. The molecule has 1 atom stereocenters. The van der Waals surface area contributed by atoms with E-state index in [2.05, 4.69) is 18.8 Å². The molecule has 106 valence electrons. The van der Waals surface area contributed by atoms with Crippen LogP contribution in [-0.2, 0) is 0 Å². The highest BCUT2D eigenvalue weighted by Crippen LogP contribution is 2.20. The highest BCUT2D eigenvalue weighted by Gasteiger charge is 2.22. The maximum atomic E-state index is 12.6. The second kappa shape index (κ2) is 6.83. The number of amides is 1. The maximum Gasteiger partial charge on any atom is 0.253 e. The molecule has 1 amide bonds. The van der Waals surface area contributed by atoms with Crippen molar-refractivity contribution in [2.75, 3.05) is 25.4 Å². The minimum absolute atomic E-state index is 0.108. The topological polar surface area (TPSA) is 46.3 Å². The van der Waals surface area contributed by atoms with E-state index in [0.717, 1.165) is 35.5 Å². The van der Waals surface area contributed by atoms with Crippen LogP contribution in [0, 0.1) is 18.8 Å². The van der Waals surface area contributed by atoms with Gasteiger partial charge < -0.3 is 10.6 Å². The number of carbonyl (C=O) groups excluding carboxylic acids is 1. The zero-order chi connectivity index (χ0) is 14.5. The van der Waals surface area contributed by atoms with Gasteiger partial charge in [-0.2, -0.15) is 11.8 Å². The predicted molar refractivity (Wildman–Crippen MR) is 84.9 cm³/mol. The fourth-order valence-electron chi connectivity index (χ4n) is 2.32. The van der Waals surface area contributed by atoms with E-state index in [4.69, 9.17) is 5.73 Å². The Kier molecular flexibility index (Phi) is 5.11. The molecule has 1 aromatic carbocycles. The molecule has 2 N–H and O–H groups in total. The number of carbonyl (C=O) groups is 1. The summed E-state index contributed by atoms with van der Waals surface area (Å²) in [4.78, 5) is 14.5. The van der Waals surface area contributed by atoms with Crippen molar-refractivity contribution < 1.29 is 4.79 Å². The van der Waals surface area contributed by atoms with E-state index in [1.54, 1.807) is 0 Å². The summed E-state index contributed by atoms with van der Waals surface area (Å²) in [5, 5.41) is 0.508. The van der Waals surface area contributed by atoms with Crippen molar-refractivity contribution in [2.24, 2.45) is 5.73 Å². The van der Waals surface area contributed by atoms with Crippen molar-refractivity contribution in [2.45, 2.75) is 19.1 Å². The normalized spacial score (nSPS) is 18.4. The molecule has 20 heavy (non-hydrogen) atoms. The molecule has 1 heterocycles. The van der Waals surface area contributed by atoms with E-state index in [1.807, 2.05) is 41.8 Å². The van der Waals surface area contributed by atoms with E-state index < -0.39 is 0 Å². The lowest BCUT2D eigenvalue weighted by atomic mass is 10.1. The predicted octanol–water partition coefficient (Wildman–Crippen LogP) is 1.88. The Morgan fingerprint density at radius 3 is 3.00 bits per heavy atom. The first-order valence-corrected chi connectivity index (χ1v) is 7.86. The fraction of sp³-hybridized carbons (Fsp3) is 0.438. The molecule has 0 aromatic heterocycles. The van der Waals surface area contributed by atoms with Gasteiger partial charge in [0.1, 0.15) is 0 Å². The minimum Gasteiger partial charge on any atom is -0.337 e. The van der Waals surface area contributed by atoms with E-state index in [0.29, 0.717) is 11.8 Å². The van der Waals surface area contributed by atoms with Crippen LogP contribution in [0.3, 0.4) is 0 Å². The van der Waals surface area contributed by atoms with E-state index >= 15 is 0 Å². The number of rotatable bonds is 1. The van der Waals surface area contributed by atoms with Gasteiger partial charge in [0.2, 0.25) is 0 Å². The number of hydrogen-bond acceptors (Lipinski definition) is 3. The van der Waals surface area contributed by atoms with Gasteiger partial charge in [0, 0.05) is 35.2 Å². The fourth-order valence-corrected chi connectivity index (χ4v) is 3.33. The Morgan fingerprint density at radius 2 is 2.30 bits per heavy atom. The first kappa shape index (κ1) is 15.0. The smallest absolute Gasteiger partial charge is 0.253 e. The van der Waals surface area contributed by atoms with Gasteiger partial charge in [0.05, 0.1) is 6.54 Å². The molecule has 0 radical (unpaired) electrons. The summed E-state index contributed by atoms with van der Waals surface area (Å²) in [6, 6.07) is 5.78. The lowest BCUT2D eigenvalue weighted by Crippen LogP contribution is -2.41. The molecule has 0 bridgehead atoms. The Labute approximate surface area is 124 Å². The van der Waals surface area contributed by atoms with Gasteiger partial charge in [0.15, 0.2) is 0 Å². The molecule has 4 heteroatoms. The number of aryl methyl sites for hydroxylation is 1. The SMILES string of the molecule is Cc1cc(C#CCN)cc(C(=O)N2CCSC(C)C2)c1. The summed E-state index contributed by atoms with van der Waals surface area (Å²) in [6.07, 6.45) is 0. The van der Waals surface area contributed by atoms with Crippen LogP contribution in [0.1, 0.15) is 28.4 Å². The third kappa shape index (κ3) is 3.78. The molecule has 1 saturated heterocycles. The molecule has 3 nitrogen and oxygen atoms in total. The van der Waals surface area contributed by atoms with Crippen molar-refractivity contribution in [1.29, 1.82) is 0 Å². The molecule has 0 spiro atoms. The first-order valence-electron chi connectivity index (χ1n) is 6.81. The Bertz CT molecular complexity index is 559. The molecular weight excluding hydrogens is 268 g/mol. The van der Waals surface area contributed by atoms with Crippen LogP contribution in [0.15, 0.2) is 18.2 Å². The summed E-state index contributed by atoms with van der Waals surface area (Å²) in [5.74, 6) is 6.96. The van der Waals surface area contributed by atoms with Crippen molar-refractivity contribution in [3.05, 3.63) is 34.9 Å². The molecule has 1 unspecified atom stereocenters. The molecule has 1 aliphatic rings. The average molecular weight is 288 g/mol. The Balaban J connectivity index is 2.22. The molecule has 2 rings (SSSR count). The van der Waals surface area contributed by atoms with Gasteiger partial charge in [-0.3, -0.25) is 4.79 Å². The largest absolute Gasteiger partial charge is 0.337 e. The number of hydrogen-bond donors (Lipinski definition) is 1. The summed E-state index contributed by atoms with van der Waals surface area (Å²) < 4.78 is 0. The standard InChI is InChI=1S/C16H20N2OS/c1-12-8-14(4-3-5-17)10-15(9-12)16(19)18-6-7-20-13(2)11-18/h8-10,13H,5-7,11,17H2,1-2H3. The second-order valence-corrected chi connectivity index (χ2v) is 6.57. The molecule has 0 aliphatic carbocycles. The van der Waals surface area contributed by atoms with Crippen LogP contribution in [0.4, 0.5) is 0 Å². The van der Waals surface area contributed by atoms with Crippen LogP contribution >= 0.6 is 11.8 Å². The van der Waals surface area contributed by atoms with Gasteiger partial charge in [-0.05, 0) is 30.7 Å². The van der Waals surface area contributed by atoms with Gasteiger partial charge in [-0.15, -0.1) is 0 Å². The zero-order valence-corrected chi connectivity index (χ0v) is 12.8. The number of nitrogens with zero attached hydrogens (tertiary/aromatic N) is 1. The van der Waals surface area contributed by atoms with E-state index in [1.165, 1.54) is 0 Å². The molecule has 1 fully saturated rings. The summed E-state index contributed by atoms with van der Waals surface area (Å²) in [6.45, 7) is 6.13. The number of benzene rings is 1. The zero-order valence-electron chi connectivity index (χ0n) is 12.0. The van der Waals surface area contributed by atoms with Crippen molar-refractivity contribution in [1.82, 2.24) is 4.90 Å². The first-order chi connectivity index (χ1) is 9.60. The third-order valence-corrected chi connectivity index (χ3v) is 4.32. The van der Waals surface area contributed by atoms with Crippen LogP contribution in [0.5, 0.6) is 0 Å². The lowest BCUT2D eigenvalue weighted by molar-refractivity contribution is 0.0763. The quantitative estimate of drug-likeness (QED) is 0.803. The number of nitrogens with two attached hydrogens (primary N) is 1. The molecule has 1 aromatic rings. The van der Waals surface area contributed by atoms with Gasteiger partial charge in [-0.1, -0.05) is 18.8 Å². The molecule has 0 saturated carbocycles. The Morgan fingerprint density at radius 1 is 1.50 bits per heavy atom. The van der Waals surface area contributed by atoms with Crippen LogP contribution in [0.2, 0.25) is 0 Å². The lowest BCUT2D eigenvalue weighted by Gasteiger charge is -2.30. The van der Waals surface area contributed by atoms with E-state index in [-0.39, 0.29) is 5.91 Å². The van der Waals surface area contributed by atoms with Crippen LogP contribution < -0.4 is 5.73 Å². The van der Waals surface area contributed by atoms with Gasteiger partial charge >= 0.3 is 0 Å².